The Morgan fingerprint density at radius 1 is 1.58 bits per heavy atom. The molecule has 0 amide bonds. The Kier molecular flexibility index (Phi) is 2.12. The van der Waals surface area contributed by atoms with Crippen molar-refractivity contribution in [2.45, 2.75) is 25.6 Å². The smallest absolute Gasteiger partial charge is 0.392 e. The monoisotopic (exact) mass is 180 g/mol. The van der Waals surface area contributed by atoms with Crippen molar-refractivity contribution in [3.05, 3.63) is 11.6 Å². The van der Waals surface area contributed by atoms with E-state index in [0.29, 0.717) is 0 Å². The standard InChI is InChI=1S/C7H7F3O2/c1-4-2-5(12-6(4)11)3-7(8,9)10/h2,5H,3H2,1H3. The number of halogens is 3. The fourth-order valence-corrected chi connectivity index (χ4v) is 0.940. The first kappa shape index (κ1) is 9.09. The van der Waals surface area contributed by atoms with E-state index in [9.17, 15) is 18.0 Å². The molecule has 1 aliphatic heterocycles. The summed E-state index contributed by atoms with van der Waals surface area (Å²) in [6.07, 6.45) is -5.32. The van der Waals surface area contributed by atoms with Gasteiger partial charge in [-0.1, -0.05) is 0 Å². The van der Waals surface area contributed by atoms with Gasteiger partial charge in [0.2, 0.25) is 0 Å². The highest BCUT2D eigenvalue weighted by atomic mass is 19.4. The molecule has 0 bridgehead atoms. The Labute approximate surface area is 67.0 Å². The van der Waals surface area contributed by atoms with Gasteiger partial charge < -0.3 is 4.74 Å². The highest BCUT2D eigenvalue weighted by Crippen LogP contribution is 2.27. The normalized spacial score (nSPS) is 23.8. The van der Waals surface area contributed by atoms with Crippen LogP contribution in [0, 0.1) is 0 Å². The largest absolute Gasteiger partial charge is 0.454 e. The minimum Gasteiger partial charge on any atom is -0.454 e. The second-order valence-corrected chi connectivity index (χ2v) is 2.61. The van der Waals surface area contributed by atoms with Crippen LogP contribution in [0.2, 0.25) is 0 Å². The molecule has 1 atom stereocenters. The molecule has 0 radical (unpaired) electrons. The third-order valence-corrected chi connectivity index (χ3v) is 1.45. The van der Waals surface area contributed by atoms with Crippen LogP contribution in [0.15, 0.2) is 11.6 Å². The molecule has 68 valence electrons. The number of esters is 1. The van der Waals surface area contributed by atoms with Gasteiger partial charge in [0.15, 0.2) is 0 Å². The summed E-state index contributed by atoms with van der Waals surface area (Å²) in [5, 5.41) is 0. The Morgan fingerprint density at radius 3 is 2.50 bits per heavy atom. The molecule has 1 unspecified atom stereocenters. The predicted octanol–water partition coefficient (Wildman–Crippen LogP) is 1.81. The zero-order valence-corrected chi connectivity index (χ0v) is 6.31. The maximum absolute atomic E-state index is 11.7. The van der Waals surface area contributed by atoms with Crippen LogP contribution >= 0.6 is 0 Å². The molecule has 0 aliphatic carbocycles. The van der Waals surface area contributed by atoms with E-state index in [2.05, 4.69) is 4.74 Å². The number of hydrogen-bond acceptors (Lipinski definition) is 2. The highest BCUT2D eigenvalue weighted by Gasteiger charge is 2.35. The van der Waals surface area contributed by atoms with E-state index >= 15 is 0 Å². The minimum absolute atomic E-state index is 0.240. The summed E-state index contributed by atoms with van der Waals surface area (Å²) in [6, 6.07) is 0. The molecular weight excluding hydrogens is 173 g/mol. The molecule has 0 saturated heterocycles. The van der Waals surface area contributed by atoms with E-state index in [1.807, 2.05) is 0 Å². The van der Waals surface area contributed by atoms with Gasteiger partial charge in [0.1, 0.15) is 6.10 Å². The summed E-state index contributed by atoms with van der Waals surface area (Å²) >= 11 is 0. The third kappa shape index (κ3) is 2.25. The van der Waals surface area contributed by atoms with Crippen LogP contribution in [0.3, 0.4) is 0 Å². The molecule has 1 rings (SSSR count). The van der Waals surface area contributed by atoms with Gasteiger partial charge in [0.25, 0.3) is 0 Å². The van der Waals surface area contributed by atoms with Crippen LogP contribution in [0.5, 0.6) is 0 Å². The van der Waals surface area contributed by atoms with Crippen LogP contribution in [-0.2, 0) is 9.53 Å². The minimum atomic E-state index is -4.29. The van der Waals surface area contributed by atoms with Crippen molar-refractivity contribution in [2.75, 3.05) is 0 Å². The van der Waals surface area contributed by atoms with Crippen LogP contribution in [0.25, 0.3) is 0 Å². The molecule has 1 aliphatic rings. The van der Waals surface area contributed by atoms with Crippen molar-refractivity contribution < 1.29 is 22.7 Å². The van der Waals surface area contributed by atoms with Crippen molar-refractivity contribution in [1.29, 1.82) is 0 Å². The van der Waals surface area contributed by atoms with Crippen molar-refractivity contribution in [3.8, 4) is 0 Å². The molecule has 0 aromatic rings. The Bertz CT molecular complexity index is 229. The van der Waals surface area contributed by atoms with Gasteiger partial charge in [-0.3, -0.25) is 0 Å². The second-order valence-electron chi connectivity index (χ2n) is 2.61. The highest BCUT2D eigenvalue weighted by molar-refractivity contribution is 5.90. The van der Waals surface area contributed by atoms with E-state index in [0.717, 1.165) is 0 Å². The van der Waals surface area contributed by atoms with Gasteiger partial charge in [-0.15, -0.1) is 0 Å². The third-order valence-electron chi connectivity index (χ3n) is 1.45. The molecule has 0 N–H and O–H groups in total. The van der Waals surface area contributed by atoms with E-state index in [1.54, 1.807) is 0 Å². The zero-order chi connectivity index (χ0) is 9.35. The van der Waals surface area contributed by atoms with E-state index < -0.39 is 24.7 Å². The SMILES string of the molecule is CC1=CC(CC(F)(F)F)OC1=O. The number of ether oxygens (including phenoxy) is 1. The summed E-state index contributed by atoms with van der Waals surface area (Å²) in [7, 11) is 0. The van der Waals surface area contributed by atoms with Crippen molar-refractivity contribution >= 4 is 5.97 Å². The van der Waals surface area contributed by atoms with Gasteiger partial charge in [0, 0.05) is 5.57 Å². The van der Waals surface area contributed by atoms with Gasteiger partial charge in [0.05, 0.1) is 6.42 Å². The number of alkyl halides is 3. The molecule has 5 heteroatoms. The molecule has 1 heterocycles. The maximum atomic E-state index is 11.7. The summed E-state index contributed by atoms with van der Waals surface area (Å²) in [5.41, 5.74) is 0.240. The molecular formula is C7H7F3O2. The maximum Gasteiger partial charge on any atom is 0.392 e. The van der Waals surface area contributed by atoms with Crippen molar-refractivity contribution in [1.82, 2.24) is 0 Å². The van der Waals surface area contributed by atoms with E-state index in [-0.39, 0.29) is 5.57 Å². The Hall–Kier alpha value is -1.00. The van der Waals surface area contributed by atoms with Crippen LogP contribution in [0.1, 0.15) is 13.3 Å². The van der Waals surface area contributed by atoms with Crippen molar-refractivity contribution in [3.63, 3.8) is 0 Å². The average molecular weight is 180 g/mol. The number of carbonyl (C=O) groups excluding carboxylic acids is 1. The number of hydrogen-bond donors (Lipinski definition) is 0. The van der Waals surface area contributed by atoms with Gasteiger partial charge in [-0.05, 0) is 13.0 Å². The number of cyclic esters (lactones) is 1. The topological polar surface area (TPSA) is 26.3 Å². The second kappa shape index (κ2) is 2.80. The quantitative estimate of drug-likeness (QED) is 0.575. The fraction of sp³-hybridized carbons (Fsp3) is 0.571. The summed E-state index contributed by atoms with van der Waals surface area (Å²) < 4.78 is 39.6. The predicted molar refractivity (Wildman–Crippen MR) is 34.3 cm³/mol. The Balaban J connectivity index is 2.54. The van der Waals surface area contributed by atoms with Gasteiger partial charge >= 0.3 is 12.1 Å². The first-order valence-corrected chi connectivity index (χ1v) is 3.34. The molecule has 0 aromatic heterocycles. The molecule has 2 nitrogen and oxygen atoms in total. The number of rotatable bonds is 1. The first-order chi connectivity index (χ1) is 5.38. The van der Waals surface area contributed by atoms with Crippen LogP contribution in [0.4, 0.5) is 13.2 Å². The van der Waals surface area contributed by atoms with Crippen LogP contribution < -0.4 is 0 Å². The molecule has 0 spiro atoms. The van der Waals surface area contributed by atoms with E-state index in [1.165, 1.54) is 13.0 Å². The molecule has 12 heavy (non-hydrogen) atoms. The zero-order valence-electron chi connectivity index (χ0n) is 6.31. The molecule has 0 aromatic carbocycles. The fourth-order valence-electron chi connectivity index (χ4n) is 0.940. The number of carbonyl (C=O) groups is 1. The summed E-state index contributed by atoms with van der Waals surface area (Å²) in [6.45, 7) is 1.43. The Morgan fingerprint density at radius 2 is 2.17 bits per heavy atom. The van der Waals surface area contributed by atoms with Gasteiger partial charge in [-0.2, -0.15) is 13.2 Å². The molecule has 0 saturated carbocycles. The lowest BCUT2D eigenvalue weighted by atomic mass is 10.2. The summed E-state index contributed by atoms with van der Waals surface area (Å²) in [4.78, 5) is 10.6. The van der Waals surface area contributed by atoms with Gasteiger partial charge in [-0.25, -0.2) is 4.79 Å². The summed E-state index contributed by atoms with van der Waals surface area (Å²) in [5.74, 6) is -0.663. The van der Waals surface area contributed by atoms with E-state index in [4.69, 9.17) is 0 Å². The average Bonchev–Trinajstić information content (AvgIpc) is 2.07. The lowest BCUT2D eigenvalue weighted by Crippen LogP contribution is -2.19. The van der Waals surface area contributed by atoms with Crippen molar-refractivity contribution in [2.24, 2.45) is 0 Å². The van der Waals surface area contributed by atoms with Crippen LogP contribution in [-0.4, -0.2) is 18.2 Å². The molecule has 0 fully saturated rings. The lowest BCUT2D eigenvalue weighted by molar-refractivity contribution is -0.161. The first-order valence-electron chi connectivity index (χ1n) is 3.34. The lowest BCUT2D eigenvalue weighted by Gasteiger charge is -2.10.